The molecule has 0 aromatic heterocycles. The van der Waals surface area contributed by atoms with Crippen molar-refractivity contribution >= 4 is 5.97 Å². The molecule has 16 heavy (non-hydrogen) atoms. The van der Waals surface area contributed by atoms with Gasteiger partial charge in [0.15, 0.2) is 0 Å². The number of hydrogen-bond acceptors (Lipinski definition) is 2. The van der Waals surface area contributed by atoms with Crippen molar-refractivity contribution in [3.05, 3.63) is 36.5 Å². The van der Waals surface area contributed by atoms with Gasteiger partial charge in [-0.1, -0.05) is 30.9 Å². The van der Waals surface area contributed by atoms with E-state index in [0.717, 1.165) is 12.8 Å². The van der Waals surface area contributed by atoms with Gasteiger partial charge in [-0.05, 0) is 19.8 Å². The SMILES string of the molecule is C=C(CCOC/C=C/CC/C=C/C)C(=O)O. The lowest BCUT2D eigenvalue weighted by molar-refractivity contribution is -0.132. The number of carboxylic acid groups (broad SMARTS) is 1. The van der Waals surface area contributed by atoms with Gasteiger partial charge in [0.2, 0.25) is 0 Å². The maximum Gasteiger partial charge on any atom is 0.331 e. The summed E-state index contributed by atoms with van der Waals surface area (Å²) in [5.74, 6) is -0.953. The number of carboxylic acids is 1. The second-order valence-corrected chi connectivity index (χ2v) is 3.35. The van der Waals surface area contributed by atoms with Crippen LogP contribution in [0.5, 0.6) is 0 Å². The van der Waals surface area contributed by atoms with Crippen LogP contribution >= 0.6 is 0 Å². The number of hydrogen-bond donors (Lipinski definition) is 1. The zero-order valence-corrected chi connectivity index (χ0v) is 9.82. The van der Waals surface area contributed by atoms with Crippen LogP contribution in [0.1, 0.15) is 26.2 Å². The number of carbonyl (C=O) groups is 1. The molecule has 0 atom stereocenters. The third-order valence-corrected chi connectivity index (χ3v) is 1.97. The van der Waals surface area contributed by atoms with Gasteiger partial charge in [-0.15, -0.1) is 0 Å². The van der Waals surface area contributed by atoms with Gasteiger partial charge in [0, 0.05) is 12.0 Å². The van der Waals surface area contributed by atoms with Crippen LogP contribution in [0.4, 0.5) is 0 Å². The minimum atomic E-state index is -0.953. The standard InChI is InChI=1S/C13H20O3/c1-3-4-5-6-7-8-10-16-11-9-12(2)13(14)15/h3-4,7-8H,2,5-6,9-11H2,1H3,(H,14,15)/b4-3+,8-7+. The molecule has 0 unspecified atom stereocenters. The van der Waals surface area contributed by atoms with Crippen LogP contribution in [0.2, 0.25) is 0 Å². The molecule has 0 fully saturated rings. The smallest absolute Gasteiger partial charge is 0.331 e. The number of unbranched alkanes of at least 4 members (excludes halogenated alkanes) is 1. The Morgan fingerprint density at radius 2 is 2.00 bits per heavy atom. The fourth-order valence-corrected chi connectivity index (χ4v) is 0.999. The number of ether oxygens (including phenoxy) is 1. The Morgan fingerprint density at radius 1 is 1.31 bits per heavy atom. The molecule has 0 saturated carbocycles. The minimum absolute atomic E-state index is 0.192. The Kier molecular flexibility index (Phi) is 9.32. The molecule has 0 aromatic rings. The van der Waals surface area contributed by atoms with Crippen LogP contribution in [0.25, 0.3) is 0 Å². The molecular weight excluding hydrogens is 204 g/mol. The summed E-state index contributed by atoms with van der Waals surface area (Å²) >= 11 is 0. The zero-order chi connectivity index (χ0) is 12.2. The summed E-state index contributed by atoms with van der Waals surface area (Å²) in [4.78, 5) is 10.4. The van der Waals surface area contributed by atoms with E-state index in [4.69, 9.17) is 9.84 Å². The second kappa shape index (κ2) is 10.2. The van der Waals surface area contributed by atoms with Crippen LogP contribution in [0.3, 0.4) is 0 Å². The largest absolute Gasteiger partial charge is 0.478 e. The third-order valence-electron chi connectivity index (χ3n) is 1.97. The quantitative estimate of drug-likeness (QED) is 0.372. The van der Waals surface area contributed by atoms with Gasteiger partial charge < -0.3 is 9.84 Å². The predicted octanol–water partition coefficient (Wildman–Crippen LogP) is 2.95. The first-order valence-electron chi connectivity index (χ1n) is 5.43. The Hall–Kier alpha value is -1.35. The van der Waals surface area contributed by atoms with Gasteiger partial charge in [0.1, 0.15) is 0 Å². The van der Waals surface area contributed by atoms with Crippen molar-refractivity contribution in [1.29, 1.82) is 0 Å². The maximum absolute atomic E-state index is 10.4. The van der Waals surface area contributed by atoms with Crippen molar-refractivity contribution in [2.75, 3.05) is 13.2 Å². The molecule has 3 heteroatoms. The zero-order valence-electron chi connectivity index (χ0n) is 9.82. The second-order valence-electron chi connectivity index (χ2n) is 3.35. The molecule has 0 spiro atoms. The van der Waals surface area contributed by atoms with E-state index in [1.54, 1.807) is 0 Å². The van der Waals surface area contributed by atoms with Crippen molar-refractivity contribution in [3.8, 4) is 0 Å². The van der Waals surface area contributed by atoms with Gasteiger partial charge >= 0.3 is 5.97 Å². The predicted molar refractivity (Wildman–Crippen MR) is 65.4 cm³/mol. The van der Waals surface area contributed by atoms with E-state index in [1.165, 1.54) is 0 Å². The molecule has 0 aliphatic heterocycles. The van der Waals surface area contributed by atoms with Crippen molar-refractivity contribution < 1.29 is 14.6 Å². The molecule has 0 aromatic carbocycles. The first-order chi connectivity index (χ1) is 7.68. The Morgan fingerprint density at radius 3 is 2.62 bits per heavy atom. The van der Waals surface area contributed by atoms with Gasteiger partial charge in [-0.3, -0.25) is 0 Å². The number of rotatable bonds is 9. The van der Waals surface area contributed by atoms with Crippen LogP contribution in [-0.2, 0) is 9.53 Å². The first kappa shape index (κ1) is 14.6. The molecular formula is C13H20O3. The number of aliphatic carboxylic acids is 1. The topological polar surface area (TPSA) is 46.5 Å². The Bertz CT molecular complexity index is 264. The fraction of sp³-hybridized carbons (Fsp3) is 0.462. The summed E-state index contributed by atoms with van der Waals surface area (Å²) in [6, 6.07) is 0. The fourth-order valence-electron chi connectivity index (χ4n) is 0.999. The molecule has 0 saturated heterocycles. The summed E-state index contributed by atoms with van der Waals surface area (Å²) in [5.41, 5.74) is 0.192. The summed E-state index contributed by atoms with van der Waals surface area (Å²) in [6.07, 6.45) is 10.6. The Balaban J connectivity index is 3.33. The summed E-state index contributed by atoms with van der Waals surface area (Å²) in [5, 5.41) is 8.53. The molecule has 0 rings (SSSR count). The normalized spacial score (nSPS) is 11.3. The summed E-state index contributed by atoms with van der Waals surface area (Å²) < 4.78 is 5.23. The molecule has 0 heterocycles. The van der Waals surface area contributed by atoms with Crippen molar-refractivity contribution in [3.63, 3.8) is 0 Å². The van der Waals surface area contributed by atoms with Gasteiger partial charge in [-0.2, -0.15) is 0 Å². The lowest BCUT2D eigenvalue weighted by Gasteiger charge is -2.00. The lowest BCUT2D eigenvalue weighted by Crippen LogP contribution is -2.03. The Labute approximate surface area is 97.1 Å². The summed E-state index contributed by atoms with van der Waals surface area (Å²) in [6.45, 7) is 6.36. The highest BCUT2D eigenvalue weighted by Gasteiger charge is 2.01. The van der Waals surface area contributed by atoms with Crippen LogP contribution in [0, 0.1) is 0 Å². The molecule has 3 nitrogen and oxygen atoms in total. The van der Waals surface area contributed by atoms with Crippen LogP contribution < -0.4 is 0 Å². The highest BCUT2D eigenvalue weighted by Crippen LogP contribution is 1.98. The average Bonchev–Trinajstić information content (AvgIpc) is 2.26. The van der Waals surface area contributed by atoms with Gasteiger partial charge in [0.05, 0.1) is 13.2 Å². The maximum atomic E-state index is 10.4. The van der Waals surface area contributed by atoms with E-state index in [0.29, 0.717) is 19.6 Å². The van der Waals surface area contributed by atoms with Gasteiger partial charge in [-0.25, -0.2) is 4.79 Å². The molecule has 0 aliphatic rings. The van der Waals surface area contributed by atoms with Gasteiger partial charge in [0.25, 0.3) is 0 Å². The summed E-state index contributed by atoms with van der Waals surface area (Å²) in [7, 11) is 0. The highest BCUT2D eigenvalue weighted by atomic mass is 16.5. The van der Waals surface area contributed by atoms with E-state index >= 15 is 0 Å². The van der Waals surface area contributed by atoms with Crippen LogP contribution in [-0.4, -0.2) is 24.3 Å². The van der Waals surface area contributed by atoms with Crippen molar-refractivity contribution in [1.82, 2.24) is 0 Å². The lowest BCUT2D eigenvalue weighted by atomic mass is 10.2. The first-order valence-corrected chi connectivity index (χ1v) is 5.43. The highest BCUT2D eigenvalue weighted by molar-refractivity contribution is 5.85. The van der Waals surface area contributed by atoms with E-state index in [9.17, 15) is 4.79 Å². The number of allylic oxidation sites excluding steroid dienone is 3. The van der Waals surface area contributed by atoms with Crippen LogP contribution in [0.15, 0.2) is 36.5 Å². The molecule has 1 N–H and O–H groups in total. The monoisotopic (exact) mass is 224 g/mol. The van der Waals surface area contributed by atoms with E-state index < -0.39 is 5.97 Å². The van der Waals surface area contributed by atoms with E-state index in [1.807, 2.05) is 19.1 Å². The minimum Gasteiger partial charge on any atom is -0.478 e. The molecule has 0 amide bonds. The molecule has 0 radical (unpaired) electrons. The van der Waals surface area contributed by atoms with E-state index in [2.05, 4.69) is 18.7 Å². The van der Waals surface area contributed by atoms with Crippen molar-refractivity contribution in [2.24, 2.45) is 0 Å². The molecule has 0 bridgehead atoms. The molecule has 90 valence electrons. The van der Waals surface area contributed by atoms with E-state index in [-0.39, 0.29) is 5.57 Å². The van der Waals surface area contributed by atoms with Crippen molar-refractivity contribution in [2.45, 2.75) is 26.2 Å². The third kappa shape index (κ3) is 9.21. The average molecular weight is 224 g/mol. The molecule has 0 aliphatic carbocycles.